The van der Waals surface area contributed by atoms with Crippen molar-refractivity contribution in [2.75, 3.05) is 18.0 Å². The van der Waals surface area contributed by atoms with Crippen LogP contribution in [0.2, 0.25) is 5.02 Å². The first-order chi connectivity index (χ1) is 12.4. The maximum Gasteiger partial charge on any atom is 0.265 e. The highest BCUT2D eigenvalue weighted by Gasteiger charge is 2.32. The third-order valence-corrected chi connectivity index (χ3v) is 5.14. The SMILES string of the molecule is Cc1nc2c(c(N3CCC3)n1)CN(C(=O)c1ccc(Cl)c(C(F)F)c1)C2. The molecule has 3 heterocycles. The molecule has 0 N–H and O–H groups in total. The Kier molecular flexibility index (Phi) is 4.26. The van der Waals surface area contributed by atoms with Crippen LogP contribution in [0.5, 0.6) is 0 Å². The number of rotatable bonds is 3. The maximum absolute atomic E-state index is 13.1. The molecular weight excluding hydrogens is 362 g/mol. The van der Waals surface area contributed by atoms with Crippen molar-refractivity contribution in [3.63, 3.8) is 0 Å². The Bertz CT molecular complexity index is 886. The van der Waals surface area contributed by atoms with Crippen LogP contribution < -0.4 is 4.90 Å². The molecule has 0 unspecified atom stereocenters. The van der Waals surface area contributed by atoms with Gasteiger partial charge in [0.05, 0.1) is 18.8 Å². The van der Waals surface area contributed by atoms with Crippen molar-refractivity contribution < 1.29 is 13.6 Å². The number of hydrogen-bond acceptors (Lipinski definition) is 4. The van der Waals surface area contributed by atoms with Crippen molar-refractivity contribution in [2.45, 2.75) is 32.9 Å². The van der Waals surface area contributed by atoms with Crippen molar-refractivity contribution >= 4 is 23.3 Å². The fraction of sp³-hybridized carbons (Fsp3) is 0.389. The molecule has 4 rings (SSSR count). The monoisotopic (exact) mass is 378 g/mol. The van der Waals surface area contributed by atoms with Crippen molar-refractivity contribution in [1.82, 2.24) is 14.9 Å². The molecule has 26 heavy (non-hydrogen) atoms. The summed E-state index contributed by atoms with van der Waals surface area (Å²) in [4.78, 5) is 25.6. The number of carbonyl (C=O) groups is 1. The first-order valence-electron chi connectivity index (χ1n) is 8.42. The predicted octanol–water partition coefficient (Wildman–Crippen LogP) is 3.74. The number of benzene rings is 1. The van der Waals surface area contributed by atoms with Crippen LogP contribution in [-0.4, -0.2) is 33.9 Å². The molecule has 8 heteroatoms. The summed E-state index contributed by atoms with van der Waals surface area (Å²) < 4.78 is 26.1. The van der Waals surface area contributed by atoms with E-state index in [-0.39, 0.29) is 22.1 Å². The maximum atomic E-state index is 13.1. The normalized spacial score (nSPS) is 16.0. The van der Waals surface area contributed by atoms with Crippen LogP contribution in [0.15, 0.2) is 18.2 Å². The van der Waals surface area contributed by atoms with Gasteiger partial charge < -0.3 is 9.80 Å². The zero-order valence-electron chi connectivity index (χ0n) is 14.2. The van der Waals surface area contributed by atoms with Gasteiger partial charge in [-0.2, -0.15) is 0 Å². The highest BCUT2D eigenvalue weighted by atomic mass is 35.5. The van der Waals surface area contributed by atoms with Gasteiger partial charge in [-0.15, -0.1) is 0 Å². The van der Waals surface area contributed by atoms with Gasteiger partial charge in [0.1, 0.15) is 11.6 Å². The van der Waals surface area contributed by atoms with Gasteiger partial charge >= 0.3 is 0 Å². The number of aromatic nitrogens is 2. The minimum atomic E-state index is -2.72. The predicted molar refractivity (Wildman–Crippen MR) is 93.6 cm³/mol. The average Bonchev–Trinajstić information content (AvgIpc) is 2.96. The summed E-state index contributed by atoms with van der Waals surface area (Å²) in [5.74, 6) is 1.25. The molecule has 0 radical (unpaired) electrons. The Morgan fingerprint density at radius 1 is 1.23 bits per heavy atom. The standard InChI is InChI=1S/C18H17ClF2N4O/c1-10-22-15-9-25(8-13(15)17(23-10)24-5-2-6-24)18(26)11-3-4-14(19)12(7-11)16(20)21/h3-4,7,16H,2,5-6,8-9H2,1H3. The number of amides is 1. The van der Waals surface area contributed by atoms with E-state index in [9.17, 15) is 13.6 Å². The highest BCUT2D eigenvalue weighted by Crippen LogP contribution is 2.33. The minimum absolute atomic E-state index is 0.0391. The summed E-state index contributed by atoms with van der Waals surface area (Å²) in [5.41, 5.74) is 1.65. The van der Waals surface area contributed by atoms with Gasteiger partial charge in [0.25, 0.3) is 12.3 Å². The molecule has 0 saturated carbocycles. The highest BCUT2D eigenvalue weighted by molar-refractivity contribution is 6.31. The van der Waals surface area contributed by atoms with Crippen LogP contribution in [0.4, 0.5) is 14.6 Å². The molecule has 1 saturated heterocycles. The van der Waals surface area contributed by atoms with E-state index in [4.69, 9.17) is 11.6 Å². The summed E-state index contributed by atoms with van der Waals surface area (Å²) >= 11 is 5.80. The fourth-order valence-corrected chi connectivity index (χ4v) is 3.52. The molecule has 1 amide bonds. The van der Waals surface area contributed by atoms with Gasteiger partial charge in [0.15, 0.2) is 0 Å². The van der Waals surface area contributed by atoms with Crippen LogP contribution >= 0.6 is 11.6 Å². The van der Waals surface area contributed by atoms with E-state index < -0.39 is 6.43 Å². The van der Waals surface area contributed by atoms with Crippen LogP contribution in [0.1, 0.15) is 45.8 Å². The summed E-state index contributed by atoms with van der Waals surface area (Å²) in [6.07, 6.45) is -1.60. The lowest BCUT2D eigenvalue weighted by atomic mass is 10.1. The Morgan fingerprint density at radius 2 is 2.00 bits per heavy atom. The molecule has 1 aromatic carbocycles. The van der Waals surface area contributed by atoms with Crippen molar-refractivity contribution in [2.24, 2.45) is 0 Å². The number of halogens is 3. The van der Waals surface area contributed by atoms with Gasteiger partial charge in [0.2, 0.25) is 0 Å². The summed E-state index contributed by atoms with van der Waals surface area (Å²) in [6, 6.07) is 3.99. The molecule has 0 spiro atoms. The lowest BCUT2D eigenvalue weighted by Crippen LogP contribution is -2.38. The van der Waals surface area contributed by atoms with E-state index in [2.05, 4.69) is 14.9 Å². The third kappa shape index (κ3) is 2.90. The van der Waals surface area contributed by atoms with Crippen LogP contribution in [-0.2, 0) is 13.1 Å². The van der Waals surface area contributed by atoms with Gasteiger partial charge in [-0.05, 0) is 31.5 Å². The fourth-order valence-electron chi connectivity index (χ4n) is 3.32. The van der Waals surface area contributed by atoms with E-state index in [1.807, 2.05) is 6.92 Å². The second-order valence-electron chi connectivity index (χ2n) is 6.56. The number of hydrogen-bond donors (Lipinski definition) is 0. The molecule has 136 valence electrons. The molecule has 5 nitrogen and oxygen atoms in total. The molecule has 1 aromatic heterocycles. The van der Waals surface area contributed by atoms with Gasteiger partial charge in [0, 0.05) is 34.8 Å². The van der Waals surface area contributed by atoms with Crippen molar-refractivity contribution in [1.29, 1.82) is 0 Å². The van der Waals surface area contributed by atoms with Crippen molar-refractivity contribution in [3.05, 3.63) is 51.4 Å². The Hall–Kier alpha value is -2.28. The zero-order valence-corrected chi connectivity index (χ0v) is 14.9. The number of aryl methyl sites for hydroxylation is 1. The zero-order chi connectivity index (χ0) is 18.4. The first-order valence-corrected chi connectivity index (χ1v) is 8.80. The van der Waals surface area contributed by atoms with Crippen molar-refractivity contribution in [3.8, 4) is 0 Å². The Balaban J connectivity index is 1.62. The number of nitrogens with zero attached hydrogens (tertiary/aromatic N) is 4. The molecular formula is C18H17ClF2N4O. The minimum Gasteiger partial charge on any atom is -0.356 e. The number of carbonyl (C=O) groups excluding carboxylic acids is 1. The van der Waals surface area contributed by atoms with Crippen LogP contribution in [0, 0.1) is 6.92 Å². The average molecular weight is 379 g/mol. The number of anilines is 1. The van der Waals surface area contributed by atoms with E-state index in [1.54, 1.807) is 4.90 Å². The molecule has 0 aliphatic carbocycles. The van der Waals surface area contributed by atoms with E-state index >= 15 is 0 Å². The summed E-state index contributed by atoms with van der Waals surface area (Å²) in [5, 5.41) is -0.0391. The Morgan fingerprint density at radius 3 is 2.65 bits per heavy atom. The second kappa shape index (κ2) is 6.46. The molecule has 0 bridgehead atoms. The van der Waals surface area contributed by atoms with Gasteiger partial charge in [-0.1, -0.05) is 11.6 Å². The molecule has 2 aliphatic rings. The van der Waals surface area contributed by atoms with Crippen LogP contribution in [0.3, 0.4) is 0 Å². The topological polar surface area (TPSA) is 49.3 Å². The lowest BCUT2D eigenvalue weighted by molar-refractivity contribution is 0.0750. The first kappa shape index (κ1) is 17.1. The lowest BCUT2D eigenvalue weighted by Gasteiger charge is -2.33. The number of fused-ring (bicyclic) bond motifs is 1. The van der Waals surface area contributed by atoms with E-state index in [0.717, 1.165) is 36.6 Å². The van der Waals surface area contributed by atoms with E-state index in [1.165, 1.54) is 18.2 Å². The smallest absolute Gasteiger partial charge is 0.265 e. The quantitative estimate of drug-likeness (QED) is 0.816. The molecule has 1 fully saturated rings. The second-order valence-corrected chi connectivity index (χ2v) is 6.97. The molecule has 2 aromatic rings. The largest absolute Gasteiger partial charge is 0.356 e. The van der Waals surface area contributed by atoms with Crippen LogP contribution in [0.25, 0.3) is 0 Å². The summed E-state index contributed by atoms with van der Waals surface area (Å²) in [6.45, 7) is 4.47. The molecule has 0 atom stereocenters. The number of alkyl halides is 2. The summed E-state index contributed by atoms with van der Waals surface area (Å²) in [7, 11) is 0. The van der Waals surface area contributed by atoms with Gasteiger partial charge in [-0.25, -0.2) is 18.7 Å². The van der Waals surface area contributed by atoms with E-state index in [0.29, 0.717) is 18.9 Å². The van der Waals surface area contributed by atoms with Gasteiger partial charge in [-0.3, -0.25) is 4.79 Å². The molecule has 2 aliphatic heterocycles. The Labute approximate surface area is 154 Å². The third-order valence-electron chi connectivity index (χ3n) is 4.79.